The number of allylic oxidation sites excluding steroid dienone is 3. The summed E-state index contributed by atoms with van der Waals surface area (Å²) in [5.41, 5.74) is 4.68. The molecule has 1 aliphatic carbocycles. The molecule has 6 nitrogen and oxygen atoms in total. The zero-order chi connectivity index (χ0) is 19.9. The molecule has 0 saturated carbocycles. The summed E-state index contributed by atoms with van der Waals surface area (Å²) in [6, 6.07) is 8.54. The van der Waals surface area contributed by atoms with E-state index in [1.54, 1.807) is 0 Å². The number of aliphatic hydroxyl groups is 4. The summed E-state index contributed by atoms with van der Waals surface area (Å²) in [5.74, 6) is -1.72. The fourth-order valence-corrected chi connectivity index (χ4v) is 4.51. The minimum atomic E-state index is -1.45. The van der Waals surface area contributed by atoms with E-state index >= 15 is 0 Å². The largest absolute Gasteiger partial charge is 0.394 e. The Morgan fingerprint density at radius 1 is 1.04 bits per heavy atom. The van der Waals surface area contributed by atoms with Crippen molar-refractivity contribution >= 4 is 0 Å². The Morgan fingerprint density at radius 2 is 1.75 bits per heavy atom. The highest BCUT2D eigenvalue weighted by atomic mass is 16.7. The standard InChI is InChI=1S/C22H28O6/c1-2-13-3-5-14(6-4-13)9-15-7-8-16-12-27-22(17(16)10-15)21(26)20(25)19(24)18(11-23)28-22/h3-8,17-21,23-26H,2,9-12H2,1H3/t17?,18-,19-,20+,21-,22+/m1/s1. The van der Waals surface area contributed by atoms with E-state index in [4.69, 9.17) is 9.47 Å². The van der Waals surface area contributed by atoms with Gasteiger partial charge in [0, 0.05) is 5.92 Å². The van der Waals surface area contributed by atoms with Gasteiger partial charge in [0.2, 0.25) is 5.79 Å². The van der Waals surface area contributed by atoms with Crippen LogP contribution in [0.3, 0.4) is 0 Å². The molecule has 2 saturated heterocycles. The van der Waals surface area contributed by atoms with Crippen LogP contribution in [-0.4, -0.2) is 63.8 Å². The zero-order valence-corrected chi connectivity index (χ0v) is 16.0. The van der Waals surface area contributed by atoms with Crippen molar-refractivity contribution in [2.75, 3.05) is 13.2 Å². The molecule has 0 bridgehead atoms. The normalized spacial score (nSPS) is 37.5. The molecule has 6 heteroatoms. The van der Waals surface area contributed by atoms with Gasteiger partial charge in [0.05, 0.1) is 13.2 Å². The molecule has 0 amide bonds. The minimum Gasteiger partial charge on any atom is -0.394 e. The van der Waals surface area contributed by atoms with Gasteiger partial charge in [-0.25, -0.2) is 0 Å². The highest BCUT2D eigenvalue weighted by Gasteiger charge is 2.61. The molecule has 4 N–H and O–H groups in total. The molecule has 0 radical (unpaired) electrons. The number of aryl methyl sites for hydroxylation is 1. The second kappa shape index (κ2) is 7.71. The molecular formula is C22H28O6. The molecular weight excluding hydrogens is 360 g/mol. The maximum absolute atomic E-state index is 10.7. The van der Waals surface area contributed by atoms with Crippen LogP contribution < -0.4 is 0 Å². The Bertz CT molecular complexity index is 768. The van der Waals surface area contributed by atoms with Crippen molar-refractivity contribution in [3.63, 3.8) is 0 Å². The van der Waals surface area contributed by atoms with Gasteiger partial charge in [-0.15, -0.1) is 0 Å². The first-order valence-corrected chi connectivity index (χ1v) is 9.91. The summed E-state index contributed by atoms with van der Waals surface area (Å²) in [5, 5.41) is 40.6. The van der Waals surface area contributed by atoms with Crippen molar-refractivity contribution in [2.24, 2.45) is 5.92 Å². The van der Waals surface area contributed by atoms with Gasteiger partial charge in [-0.2, -0.15) is 0 Å². The van der Waals surface area contributed by atoms with Gasteiger partial charge in [-0.1, -0.05) is 48.9 Å². The number of hydrogen-bond acceptors (Lipinski definition) is 6. The van der Waals surface area contributed by atoms with Crippen LogP contribution in [0.1, 0.15) is 24.5 Å². The van der Waals surface area contributed by atoms with E-state index in [1.165, 1.54) is 16.7 Å². The third-order valence-electron chi connectivity index (χ3n) is 6.24. The summed E-state index contributed by atoms with van der Waals surface area (Å²) in [6.07, 6.45) is 1.29. The Morgan fingerprint density at radius 3 is 2.43 bits per heavy atom. The first-order valence-electron chi connectivity index (χ1n) is 9.91. The van der Waals surface area contributed by atoms with Gasteiger partial charge in [-0.3, -0.25) is 0 Å². The number of aliphatic hydroxyl groups excluding tert-OH is 4. The van der Waals surface area contributed by atoms with Gasteiger partial charge in [0.25, 0.3) is 0 Å². The first kappa shape index (κ1) is 19.8. The van der Waals surface area contributed by atoms with Crippen LogP contribution in [0.5, 0.6) is 0 Å². The van der Waals surface area contributed by atoms with Crippen LogP contribution in [-0.2, 0) is 22.3 Å². The van der Waals surface area contributed by atoms with Crippen LogP contribution in [0.4, 0.5) is 0 Å². The number of fused-ring (bicyclic) bond motifs is 2. The minimum absolute atomic E-state index is 0.270. The number of rotatable bonds is 4. The average molecular weight is 388 g/mol. The molecule has 28 heavy (non-hydrogen) atoms. The molecule has 1 unspecified atom stereocenters. The Balaban J connectivity index is 1.55. The van der Waals surface area contributed by atoms with Crippen molar-refractivity contribution in [2.45, 2.75) is 56.4 Å². The van der Waals surface area contributed by atoms with Gasteiger partial charge in [0.1, 0.15) is 24.4 Å². The van der Waals surface area contributed by atoms with Crippen LogP contribution >= 0.6 is 0 Å². The smallest absolute Gasteiger partial charge is 0.205 e. The van der Waals surface area contributed by atoms with E-state index < -0.39 is 36.8 Å². The monoisotopic (exact) mass is 388 g/mol. The van der Waals surface area contributed by atoms with Gasteiger partial charge < -0.3 is 29.9 Å². The molecule has 152 valence electrons. The average Bonchev–Trinajstić information content (AvgIpc) is 3.08. The topological polar surface area (TPSA) is 99.4 Å². The highest BCUT2D eigenvalue weighted by Crippen LogP contribution is 2.49. The number of ether oxygens (including phenoxy) is 2. The predicted molar refractivity (Wildman–Crippen MR) is 102 cm³/mol. The van der Waals surface area contributed by atoms with E-state index in [0.717, 1.165) is 18.4 Å². The molecule has 2 aliphatic heterocycles. The molecule has 1 aromatic carbocycles. The summed E-state index contributed by atoms with van der Waals surface area (Å²) in [6.45, 7) is 1.96. The Hall–Kier alpha value is -1.54. The van der Waals surface area contributed by atoms with Crippen molar-refractivity contribution in [3.8, 4) is 0 Å². The highest BCUT2D eigenvalue weighted by molar-refractivity contribution is 5.35. The molecule has 6 atom stereocenters. The maximum Gasteiger partial charge on any atom is 0.205 e. The summed E-state index contributed by atoms with van der Waals surface area (Å²) >= 11 is 0. The second-order valence-electron chi connectivity index (χ2n) is 7.95. The van der Waals surface area contributed by atoms with Crippen molar-refractivity contribution < 1.29 is 29.9 Å². The lowest BCUT2D eigenvalue weighted by atomic mass is 9.76. The van der Waals surface area contributed by atoms with Crippen molar-refractivity contribution in [1.82, 2.24) is 0 Å². The molecule has 2 fully saturated rings. The maximum atomic E-state index is 10.7. The van der Waals surface area contributed by atoms with Crippen LogP contribution in [0.25, 0.3) is 0 Å². The summed E-state index contributed by atoms with van der Waals surface area (Å²) in [7, 11) is 0. The lowest BCUT2D eigenvalue weighted by Gasteiger charge is -2.48. The van der Waals surface area contributed by atoms with Gasteiger partial charge in [-0.05, 0) is 36.0 Å². The lowest BCUT2D eigenvalue weighted by Crippen LogP contribution is -2.67. The van der Waals surface area contributed by atoms with E-state index in [-0.39, 0.29) is 12.5 Å². The summed E-state index contributed by atoms with van der Waals surface area (Å²) in [4.78, 5) is 0. The third kappa shape index (κ3) is 3.24. The predicted octanol–water partition coefficient (Wildman–Crippen LogP) is 0.864. The summed E-state index contributed by atoms with van der Waals surface area (Å²) < 4.78 is 11.7. The molecule has 1 aromatic rings. The fourth-order valence-electron chi connectivity index (χ4n) is 4.51. The third-order valence-corrected chi connectivity index (χ3v) is 6.24. The first-order chi connectivity index (χ1) is 13.5. The molecule has 3 aliphatic rings. The van der Waals surface area contributed by atoms with Gasteiger partial charge in [0.15, 0.2) is 0 Å². The number of hydrogen-bond donors (Lipinski definition) is 4. The quantitative estimate of drug-likeness (QED) is 0.611. The van der Waals surface area contributed by atoms with E-state index in [9.17, 15) is 20.4 Å². The molecule has 0 aromatic heterocycles. The van der Waals surface area contributed by atoms with Crippen molar-refractivity contribution in [1.29, 1.82) is 0 Å². The number of benzene rings is 1. The fraction of sp³-hybridized carbons (Fsp3) is 0.545. The zero-order valence-electron chi connectivity index (χ0n) is 16.0. The van der Waals surface area contributed by atoms with E-state index in [2.05, 4.69) is 37.3 Å². The molecule has 2 heterocycles. The Kier molecular flexibility index (Phi) is 5.44. The molecule has 1 spiro atoms. The lowest BCUT2D eigenvalue weighted by molar-refractivity contribution is -0.362. The van der Waals surface area contributed by atoms with Crippen LogP contribution in [0.2, 0.25) is 0 Å². The molecule has 4 rings (SSSR count). The van der Waals surface area contributed by atoms with E-state index in [0.29, 0.717) is 6.42 Å². The van der Waals surface area contributed by atoms with Crippen LogP contribution in [0.15, 0.2) is 47.6 Å². The Labute approximate surface area is 164 Å². The van der Waals surface area contributed by atoms with E-state index in [1.807, 2.05) is 6.08 Å². The SMILES string of the molecule is CCc1ccc(CC2=CC=C3CO[C@]4(O[C@H](CO)[C@@H](O)[C@H](O)[C@H]4O)C3C2)cc1. The van der Waals surface area contributed by atoms with Crippen LogP contribution in [0, 0.1) is 5.92 Å². The van der Waals surface area contributed by atoms with Crippen molar-refractivity contribution in [3.05, 3.63) is 58.7 Å². The van der Waals surface area contributed by atoms with Gasteiger partial charge >= 0.3 is 0 Å². The second-order valence-corrected chi connectivity index (χ2v) is 7.95.